The molecule has 94 valence electrons. The molecule has 3 nitrogen and oxygen atoms in total. The summed E-state index contributed by atoms with van der Waals surface area (Å²) in [6.07, 6.45) is 0. The van der Waals surface area contributed by atoms with Crippen LogP contribution in [0.4, 0.5) is 0 Å². The Labute approximate surface area is 112 Å². The van der Waals surface area contributed by atoms with Gasteiger partial charge in [-0.05, 0) is 30.2 Å². The molecule has 0 saturated carbocycles. The number of ether oxygens (including phenoxy) is 1. The molecule has 0 aliphatic heterocycles. The van der Waals surface area contributed by atoms with E-state index in [9.17, 15) is 4.79 Å². The molecule has 0 saturated heterocycles. The van der Waals surface area contributed by atoms with Crippen molar-refractivity contribution in [1.82, 2.24) is 0 Å². The van der Waals surface area contributed by atoms with Gasteiger partial charge < -0.3 is 4.74 Å². The fraction of sp³-hybridized carbons (Fsp3) is 0.125. The first-order chi connectivity index (χ1) is 9.20. The summed E-state index contributed by atoms with van der Waals surface area (Å²) in [5.74, 6) is 0.289. The van der Waals surface area contributed by atoms with E-state index in [1.54, 1.807) is 24.3 Å². The number of carbonyl (C=O) groups is 1. The van der Waals surface area contributed by atoms with Crippen molar-refractivity contribution in [2.45, 2.75) is 13.5 Å². The van der Waals surface area contributed by atoms with E-state index in [1.165, 1.54) is 0 Å². The van der Waals surface area contributed by atoms with Crippen LogP contribution in [0.3, 0.4) is 0 Å². The fourth-order valence-electron chi connectivity index (χ4n) is 1.75. The maximum atomic E-state index is 11.3. The quantitative estimate of drug-likeness (QED) is 0.619. The van der Waals surface area contributed by atoms with Gasteiger partial charge in [-0.25, -0.2) is 0 Å². The molecule has 2 aromatic carbocycles. The highest BCUT2D eigenvalue weighted by Gasteiger charge is 2.05. The lowest BCUT2D eigenvalue weighted by Crippen LogP contribution is -2.00. The molecule has 0 aliphatic rings. The molecule has 0 aliphatic carbocycles. The number of hydrogen-bond acceptors (Lipinski definition) is 3. The first-order valence-corrected chi connectivity index (χ1v) is 5.92. The topological polar surface area (TPSA) is 50.1 Å². The van der Waals surface area contributed by atoms with Gasteiger partial charge in [0.15, 0.2) is 0 Å². The number of aryl methyl sites for hydroxylation is 1. The molecule has 0 bridgehead atoms. The zero-order chi connectivity index (χ0) is 13.7. The van der Waals surface area contributed by atoms with Crippen LogP contribution in [0.2, 0.25) is 0 Å². The number of carbonyl (C=O) groups excluding carboxylic acids is 1. The van der Waals surface area contributed by atoms with Gasteiger partial charge in [-0.2, -0.15) is 5.26 Å². The first kappa shape index (κ1) is 12.8. The number of nitrogens with zero attached hydrogens (tertiary/aromatic N) is 1. The Morgan fingerprint density at radius 1 is 1.21 bits per heavy atom. The number of rotatable bonds is 4. The number of benzene rings is 2. The summed E-state index contributed by atoms with van der Waals surface area (Å²) >= 11 is 0. The summed E-state index contributed by atoms with van der Waals surface area (Å²) in [5.41, 5.74) is 2.32. The molecule has 0 fully saturated rings. The highest BCUT2D eigenvalue weighted by atomic mass is 16.5. The normalized spacial score (nSPS) is 9.68. The van der Waals surface area contributed by atoms with Crippen molar-refractivity contribution in [3.8, 4) is 11.8 Å². The van der Waals surface area contributed by atoms with E-state index in [1.807, 2.05) is 37.3 Å². The number of nitriles is 1. The lowest BCUT2D eigenvalue weighted by atomic mass is 10.1. The van der Waals surface area contributed by atoms with Crippen LogP contribution in [0.1, 0.15) is 21.5 Å². The lowest BCUT2D eigenvalue weighted by Gasteiger charge is -2.09. The smallest absolute Gasteiger partial charge is 0.262 e. The Balaban J connectivity index is 2.11. The number of para-hydroxylation sites is 1. The Bertz CT molecular complexity index is 641. The van der Waals surface area contributed by atoms with Crippen LogP contribution in [-0.4, -0.2) is 5.78 Å². The Kier molecular flexibility index (Phi) is 3.94. The van der Waals surface area contributed by atoms with Crippen LogP contribution in [-0.2, 0) is 6.61 Å². The zero-order valence-electron chi connectivity index (χ0n) is 10.6. The van der Waals surface area contributed by atoms with Gasteiger partial charge in [0.2, 0.25) is 0 Å². The van der Waals surface area contributed by atoms with Crippen LogP contribution in [0, 0.1) is 18.3 Å². The van der Waals surface area contributed by atoms with Gasteiger partial charge in [0.05, 0.1) is 0 Å². The van der Waals surface area contributed by atoms with Gasteiger partial charge in [0, 0.05) is 5.56 Å². The highest BCUT2D eigenvalue weighted by molar-refractivity contribution is 6.07. The van der Waals surface area contributed by atoms with Crippen molar-refractivity contribution in [1.29, 1.82) is 5.26 Å². The van der Waals surface area contributed by atoms with Crippen LogP contribution < -0.4 is 4.74 Å². The van der Waals surface area contributed by atoms with Gasteiger partial charge in [-0.3, -0.25) is 4.79 Å². The maximum absolute atomic E-state index is 11.3. The zero-order valence-corrected chi connectivity index (χ0v) is 10.6. The van der Waals surface area contributed by atoms with E-state index in [2.05, 4.69) is 0 Å². The summed E-state index contributed by atoms with van der Waals surface area (Å²) in [4.78, 5) is 11.3. The minimum atomic E-state index is -0.530. The molecule has 0 aromatic heterocycles. The van der Waals surface area contributed by atoms with Gasteiger partial charge >= 0.3 is 0 Å². The molecule has 19 heavy (non-hydrogen) atoms. The Morgan fingerprint density at radius 3 is 2.74 bits per heavy atom. The second-order valence-corrected chi connectivity index (χ2v) is 4.20. The van der Waals surface area contributed by atoms with Gasteiger partial charge in [-0.1, -0.05) is 36.4 Å². The molecule has 0 N–H and O–H groups in total. The first-order valence-electron chi connectivity index (χ1n) is 5.92. The third-order valence-electron chi connectivity index (χ3n) is 2.78. The second-order valence-electron chi connectivity index (χ2n) is 4.20. The summed E-state index contributed by atoms with van der Waals surface area (Å²) in [6, 6.07) is 16.3. The average molecular weight is 251 g/mol. The SMILES string of the molecule is Cc1ccccc1OCc1cccc(C(=O)C#N)c1. The molecule has 0 heterocycles. The van der Waals surface area contributed by atoms with E-state index >= 15 is 0 Å². The van der Waals surface area contributed by atoms with Gasteiger partial charge in [0.25, 0.3) is 5.78 Å². The number of ketones is 1. The number of hydrogen-bond donors (Lipinski definition) is 0. The molecule has 3 heteroatoms. The summed E-state index contributed by atoms with van der Waals surface area (Å²) in [5, 5.41) is 8.59. The molecule has 2 aromatic rings. The molecule has 2 rings (SSSR count). The lowest BCUT2D eigenvalue weighted by molar-refractivity contribution is 0.105. The van der Waals surface area contributed by atoms with E-state index < -0.39 is 5.78 Å². The largest absolute Gasteiger partial charge is 0.489 e. The summed E-state index contributed by atoms with van der Waals surface area (Å²) in [6.45, 7) is 2.35. The van der Waals surface area contributed by atoms with Crippen molar-refractivity contribution in [2.24, 2.45) is 0 Å². The molecular formula is C16H13NO2. The molecule has 0 unspecified atom stereocenters. The average Bonchev–Trinajstić information content (AvgIpc) is 2.46. The van der Waals surface area contributed by atoms with Crippen LogP contribution >= 0.6 is 0 Å². The minimum absolute atomic E-state index is 0.372. The molecular weight excluding hydrogens is 238 g/mol. The summed E-state index contributed by atoms with van der Waals surface area (Å²) < 4.78 is 5.70. The highest BCUT2D eigenvalue weighted by Crippen LogP contribution is 2.18. The summed E-state index contributed by atoms with van der Waals surface area (Å²) in [7, 11) is 0. The minimum Gasteiger partial charge on any atom is -0.489 e. The Hall–Kier alpha value is -2.60. The Morgan fingerprint density at radius 2 is 2.00 bits per heavy atom. The number of Topliss-reactive ketones (excluding diaryl/α,β-unsaturated/α-hetero) is 1. The second kappa shape index (κ2) is 5.83. The van der Waals surface area contributed by atoms with Crippen molar-refractivity contribution >= 4 is 5.78 Å². The third-order valence-corrected chi connectivity index (χ3v) is 2.78. The van der Waals surface area contributed by atoms with Gasteiger partial charge in [-0.15, -0.1) is 0 Å². The van der Waals surface area contributed by atoms with Crippen molar-refractivity contribution in [3.63, 3.8) is 0 Å². The van der Waals surface area contributed by atoms with Crippen molar-refractivity contribution in [2.75, 3.05) is 0 Å². The predicted molar refractivity (Wildman–Crippen MR) is 71.9 cm³/mol. The van der Waals surface area contributed by atoms with Crippen LogP contribution in [0.5, 0.6) is 5.75 Å². The van der Waals surface area contributed by atoms with Gasteiger partial charge in [0.1, 0.15) is 18.4 Å². The van der Waals surface area contributed by atoms with E-state index in [0.29, 0.717) is 12.2 Å². The molecule has 0 amide bonds. The van der Waals surface area contributed by atoms with Crippen LogP contribution in [0.15, 0.2) is 48.5 Å². The van der Waals surface area contributed by atoms with E-state index in [-0.39, 0.29) is 0 Å². The standard InChI is InChI=1S/C16H13NO2/c1-12-5-2-3-8-16(12)19-11-13-6-4-7-14(9-13)15(18)10-17/h2-9H,11H2,1H3. The predicted octanol–water partition coefficient (Wildman–Crippen LogP) is 3.28. The molecule has 0 radical (unpaired) electrons. The van der Waals surface area contributed by atoms with E-state index in [0.717, 1.165) is 16.9 Å². The van der Waals surface area contributed by atoms with Crippen molar-refractivity contribution in [3.05, 3.63) is 65.2 Å². The maximum Gasteiger partial charge on any atom is 0.262 e. The molecule has 0 atom stereocenters. The monoisotopic (exact) mass is 251 g/mol. The van der Waals surface area contributed by atoms with E-state index in [4.69, 9.17) is 10.00 Å². The molecule has 0 spiro atoms. The fourth-order valence-corrected chi connectivity index (χ4v) is 1.75. The van der Waals surface area contributed by atoms with Crippen molar-refractivity contribution < 1.29 is 9.53 Å². The third kappa shape index (κ3) is 3.20. The van der Waals surface area contributed by atoms with Crippen LogP contribution in [0.25, 0.3) is 0 Å².